The highest BCUT2D eigenvalue weighted by molar-refractivity contribution is 7.13. The third kappa shape index (κ3) is 6.72. The third-order valence-corrected chi connectivity index (χ3v) is 10.5. The van der Waals surface area contributed by atoms with E-state index in [0.29, 0.717) is 48.5 Å². The number of allylic oxidation sites excluding steroid dienone is 1. The molecule has 0 saturated heterocycles. The highest BCUT2D eigenvalue weighted by atomic mass is 32.1. The van der Waals surface area contributed by atoms with Crippen LogP contribution in [0.4, 0.5) is 0 Å². The Bertz CT molecular complexity index is 1690. The molecule has 5 atom stereocenters. The van der Waals surface area contributed by atoms with Crippen LogP contribution in [0.15, 0.2) is 41.8 Å². The number of benzene rings is 1. The van der Waals surface area contributed by atoms with Gasteiger partial charge in [-0.2, -0.15) is 0 Å². The van der Waals surface area contributed by atoms with Gasteiger partial charge >= 0.3 is 5.97 Å². The van der Waals surface area contributed by atoms with Gasteiger partial charge in [0.15, 0.2) is 0 Å². The maximum absolute atomic E-state index is 14.0. The summed E-state index contributed by atoms with van der Waals surface area (Å²) in [5, 5.41) is 6.70. The highest BCUT2D eigenvalue weighted by Gasteiger charge is 2.62. The van der Waals surface area contributed by atoms with Crippen LogP contribution in [0.5, 0.6) is 11.5 Å². The number of nitrogens with zero attached hydrogens (tertiary/aromatic N) is 3. The van der Waals surface area contributed by atoms with Crippen molar-refractivity contribution >= 4 is 40.0 Å². The molecule has 2 aromatic heterocycles. The van der Waals surface area contributed by atoms with Crippen molar-refractivity contribution in [2.24, 2.45) is 17.8 Å². The molecule has 6 rings (SSSR count). The predicted octanol–water partition coefficient (Wildman–Crippen LogP) is 5.90. The van der Waals surface area contributed by atoms with Gasteiger partial charge in [0.25, 0.3) is 0 Å². The van der Waals surface area contributed by atoms with Crippen LogP contribution < -0.4 is 14.8 Å². The van der Waals surface area contributed by atoms with E-state index in [9.17, 15) is 14.4 Å². The molecular weight excluding hydrogens is 616 g/mol. The minimum absolute atomic E-state index is 0.0737. The lowest BCUT2D eigenvalue weighted by Crippen LogP contribution is -2.50. The van der Waals surface area contributed by atoms with E-state index in [2.05, 4.69) is 30.6 Å². The van der Waals surface area contributed by atoms with E-state index in [4.69, 9.17) is 24.2 Å². The number of rotatable bonds is 7. The Morgan fingerprint density at radius 3 is 2.70 bits per heavy atom. The van der Waals surface area contributed by atoms with Gasteiger partial charge < -0.3 is 24.4 Å². The van der Waals surface area contributed by atoms with Gasteiger partial charge in [0.1, 0.15) is 33.8 Å². The van der Waals surface area contributed by atoms with E-state index < -0.39 is 29.4 Å². The Balaban J connectivity index is 1.32. The first kappa shape index (κ1) is 32.9. The number of carbonyl (C=O) groups is 3. The lowest BCUT2D eigenvalue weighted by Gasteiger charge is -2.26. The van der Waals surface area contributed by atoms with Crippen LogP contribution in [-0.2, 0) is 19.1 Å². The van der Waals surface area contributed by atoms with Crippen LogP contribution in [0.25, 0.3) is 21.6 Å². The zero-order chi connectivity index (χ0) is 33.3. The molecule has 0 spiro atoms. The molecule has 3 heterocycles. The Morgan fingerprint density at radius 1 is 1.15 bits per heavy atom. The summed E-state index contributed by atoms with van der Waals surface area (Å²) in [5.74, 6) is -0.596. The number of hydrogen-bond donors (Lipinski definition) is 1. The molecule has 0 bridgehead atoms. The number of ether oxygens (including phenoxy) is 3. The standard InChI is InChI=1S/C36H44N4O6S/c1-6-45-35(43)36-19-22(36)11-9-7-8-10-14-40(4)34(42)27-16-24(15-26(27)32(41)39-36)46-31-18-29(33-38-30(20-47-33)21(2)3)37-28-17-23(44-5)12-13-25(28)31/h9,11-13,17-18,20-22,24,26-27H,6-8,10,14-16,19H2,1-5H3,(H,39,41)/b11-9-/t22-,24-,26-,27-,36-/m1/s1. The maximum Gasteiger partial charge on any atom is 0.332 e. The first-order chi connectivity index (χ1) is 22.6. The number of methoxy groups -OCH3 is 1. The molecule has 3 aliphatic rings. The second-order valence-electron chi connectivity index (χ2n) is 13.2. The number of esters is 1. The number of aromatic nitrogens is 2. The van der Waals surface area contributed by atoms with E-state index in [-0.39, 0.29) is 30.3 Å². The quantitative estimate of drug-likeness (QED) is 0.246. The van der Waals surface area contributed by atoms with Crippen molar-refractivity contribution in [3.8, 4) is 22.2 Å². The van der Waals surface area contributed by atoms with Crippen LogP contribution in [0.3, 0.4) is 0 Å². The van der Waals surface area contributed by atoms with Crippen LogP contribution in [0.2, 0.25) is 0 Å². The van der Waals surface area contributed by atoms with Gasteiger partial charge in [-0.05, 0) is 63.5 Å². The fraction of sp³-hybridized carbons (Fsp3) is 0.528. The molecule has 250 valence electrons. The molecule has 2 aliphatic carbocycles. The first-order valence-electron chi connectivity index (χ1n) is 16.7. The molecule has 10 nitrogen and oxygen atoms in total. The number of pyridine rings is 1. The summed E-state index contributed by atoms with van der Waals surface area (Å²) in [7, 11) is 3.42. The van der Waals surface area contributed by atoms with E-state index in [1.807, 2.05) is 30.3 Å². The molecule has 3 aromatic rings. The summed E-state index contributed by atoms with van der Waals surface area (Å²) < 4.78 is 17.6. The van der Waals surface area contributed by atoms with Crippen molar-refractivity contribution in [2.75, 3.05) is 27.3 Å². The van der Waals surface area contributed by atoms with Crippen LogP contribution in [0.1, 0.15) is 70.9 Å². The second-order valence-corrected chi connectivity index (χ2v) is 14.1. The average molecular weight is 661 g/mol. The molecule has 2 amide bonds. The normalized spacial score (nSPS) is 27.1. The zero-order valence-electron chi connectivity index (χ0n) is 27.8. The molecule has 1 aromatic carbocycles. The number of nitrogens with one attached hydrogen (secondary N) is 1. The van der Waals surface area contributed by atoms with Gasteiger partial charge in [-0.25, -0.2) is 14.8 Å². The minimum atomic E-state index is -1.09. The van der Waals surface area contributed by atoms with Gasteiger partial charge in [-0.1, -0.05) is 26.0 Å². The van der Waals surface area contributed by atoms with Crippen molar-refractivity contribution in [2.45, 2.75) is 76.9 Å². The summed E-state index contributed by atoms with van der Waals surface area (Å²) in [6.45, 7) is 6.82. The average Bonchev–Trinajstić information content (AvgIpc) is 3.36. The Labute approximate surface area is 279 Å². The smallest absolute Gasteiger partial charge is 0.332 e. The van der Waals surface area contributed by atoms with Gasteiger partial charge in [0, 0.05) is 42.4 Å². The molecule has 0 radical (unpaired) electrons. The highest BCUT2D eigenvalue weighted by Crippen LogP contribution is 2.47. The van der Waals surface area contributed by atoms with Crippen molar-refractivity contribution in [1.82, 2.24) is 20.2 Å². The van der Waals surface area contributed by atoms with Crippen molar-refractivity contribution in [1.29, 1.82) is 0 Å². The topological polar surface area (TPSA) is 120 Å². The molecule has 1 N–H and O–H groups in total. The Hall–Kier alpha value is -3.99. The summed E-state index contributed by atoms with van der Waals surface area (Å²) in [4.78, 5) is 52.5. The SMILES string of the molecule is CCOC(=O)[C@@]12C[C@H]1/C=C\CCCCN(C)C(=O)[C@@H]1C[C@H](Oc3cc(-c4nc(C(C)C)cs4)nc4cc(OC)ccc34)C[C@H]1C(=O)N2. The van der Waals surface area contributed by atoms with Crippen LogP contribution >= 0.6 is 11.3 Å². The maximum atomic E-state index is 14.0. The van der Waals surface area contributed by atoms with Crippen molar-refractivity contribution < 1.29 is 28.6 Å². The molecule has 2 fully saturated rings. The number of hydrogen-bond acceptors (Lipinski definition) is 9. The third-order valence-electron chi connectivity index (χ3n) is 9.64. The van der Waals surface area contributed by atoms with Crippen molar-refractivity contribution in [3.63, 3.8) is 0 Å². The second kappa shape index (κ2) is 13.6. The van der Waals surface area contributed by atoms with E-state index in [1.54, 1.807) is 26.0 Å². The summed E-state index contributed by atoms with van der Waals surface area (Å²) in [5.41, 5.74) is 1.29. The first-order valence-corrected chi connectivity index (χ1v) is 17.5. The number of amides is 2. The number of fused-ring (bicyclic) bond motifs is 3. The monoisotopic (exact) mass is 660 g/mol. The summed E-state index contributed by atoms with van der Waals surface area (Å²) >= 11 is 1.54. The van der Waals surface area contributed by atoms with E-state index in [0.717, 1.165) is 35.4 Å². The fourth-order valence-electron chi connectivity index (χ4n) is 6.80. The molecule has 11 heteroatoms. The van der Waals surface area contributed by atoms with Crippen LogP contribution in [0, 0.1) is 17.8 Å². The molecule has 47 heavy (non-hydrogen) atoms. The van der Waals surface area contributed by atoms with E-state index in [1.165, 1.54) is 11.3 Å². The minimum Gasteiger partial charge on any atom is -0.497 e. The number of thiazole rings is 1. The summed E-state index contributed by atoms with van der Waals surface area (Å²) in [6.07, 6.45) is 7.52. The molecule has 2 saturated carbocycles. The van der Waals surface area contributed by atoms with E-state index >= 15 is 0 Å². The van der Waals surface area contributed by atoms with Crippen molar-refractivity contribution in [3.05, 3.63) is 47.5 Å². The molecule has 1 aliphatic heterocycles. The van der Waals surface area contributed by atoms with Crippen LogP contribution in [-0.4, -0.2) is 71.6 Å². The van der Waals surface area contributed by atoms with Gasteiger partial charge in [-0.15, -0.1) is 11.3 Å². The lowest BCUT2D eigenvalue weighted by atomic mass is 9.93. The fourth-order valence-corrected chi connectivity index (χ4v) is 7.74. The molecule has 0 unspecified atom stereocenters. The van der Waals surface area contributed by atoms with Gasteiger partial charge in [-0.3, -0.25) is 9.59 Å². The summed E-state index contributed by atoms with van der Waals surface area (Å²) in [6, 6.07) is 7.56. The van der Waals surface area contributed by atoms with Gasteiger partial charge in [0.05, 0.1) is 36.8 Å². The largest absolute Gasteiger partial charge is 0.497 e. The zero-order valence-corrected chi connectivity index (χ0v) is 28.6. The molecular formula is C36H44N4O6S. The number of carbonyl (C=O) groups excluding carboxylic acids is 3. The lowest BCUT2D eigenvalue weighted by molar-refractivity contribution is -0.150. The van der Waals surface area contributed by atoms with Gasteiger partial charge in [0.2, 0.25) is 11.8 Å². The predicted molar refractivity (Wildman–Crippen MR) is 180 cm³/mol. The Morgan fingerprint density at radius 2 is 1.96 bits per heavy atom. The Kier molecular flexibility index (Phi) is 9.55.